The van der Waals surface area contributed by atoms with Crippen LogP contribution in [0.3, 0.4) is 0 Å². The van der Waals surface area contributed by atoms with Gasteiger partial charge in [-0.05, 0) is 70.8 Å². The lowest BCUT2D eigenvalue weighted by atomic mass is 9.79. The number of rotatable bonds is 3. The molecule has 186 valence electrons. The molecule has 3 heteroatoms. The number of aryl methyl sites for hydroxylation is 2. The third-order valence-corrected chi connectivity index (χ3v) is 8.60. The fourth-order valence-corrected chi connectivity index (χ4v) is 6.45. The van der Waals surface area contributed by atoms with Gasteiger partial charge in [-0.3, -0.25) is 0 Å². The van der Waals surface area contributed by atoms with E-state index in [-0.39, 0.29) is 0 Å². The zero-order valence-corrected chi connectivity index (χ0v) is 22.3. The molecule has 0 radical (unpaired) electrons. The minimum Gasteiger partial charge on any atom is -0.497 e. The average Bonchev–Trinajstić information content (AvgIpc) is 2.97. The van der Waals surface area contributed by atoms with Crippen molar-refractivity contribution in [3.05, 3.63) is 113 Å². The van der Waals surface area contributed by atoms with E-state index >= 15 is 0 Å². The predicted octanol–water partition coefficient (Wildman–Crippen LogP) is 6.66. The summed E-state index contributed by atoms with van der Waals surface area (Å²) in [6.07, 6.45) is 11.1. The molecule has 2 aliphatic rings. The third-order valence-electron chi connectivity index (χ3n) is 8.60. The highest BCUT2D eigenvalue weighted by Crippen LogP contribution is 2.44. The Balaban J connectivity index is 1.44. The van der Waals surface area contributed by atoms with E-state index in [2.05, 4.69) is 102 Å². The highest BCUT2D eigenvalue weighted by atomic mass is 16.5. The van der Waals surface area contributed by atoms with Gasteiger partial charge in [0.25, 0.3) is 0 Å². The van der Waals surface area contributed by atoms with Gasteiger partial charge in [-0.15, -0.1) is 0 Å². The van der Waals surface area contributed by atoms with E-state index in [0.29, 0.717) is 0 Å². The van der Waals surface area contributed by atoms with E-state index in [9.17, 15) is 0 Å². The summed E-state index contributed by atoms with van der Waals surface area (Å²) in [6.45, 7) is 6.71. The topological polar surface area (TPSA) is 17.0 Å². The normalized spacial score (nSPS) is 13.7. The number of benzene rings is 3. The second-order valence-corrected chi connectivity index (χ2v) is 10.5. The predicted molar refractivity (Wildman–Crippen MR) is 154 cm³/mol. The molecule has 4 heterocycles. The van der Waals surface area contributed by atoms with Gasteiger partial charge in [0.1, 0.15) is 5.75 Å². The summed E-state index contributed by atoms with van der Waals surface area (Å²) in [7, 11) is 1.70. The maximum atomic E-state index is 5.31. The van der Waals surface area contributed by atoms with Crippen LogP contribution >= 0.6 is 0 Å². The molecule has 0 N–H and O–H groups in total. The molecule has 2 aliphatic heterocycles. The van der Waals surface area contributed by atoms with Crippen LogP contribution in [-0.2, 0) is 25.9 Å². The molecule has 0 amide bonds. The number of nitrogens with zero attached hydrogens (tertiary/aromatic N) is 2. The van der Waals surface area contributed by atoms with Crippen LogP contribution in [0.4, 0.5) is 0 Å². The first-order valence-corrected chi connectivity index (χ1v) is 13.5. The summed E-state index contributed by atoms with van der Waals surface area (Å²) in [5.74, 6) is 0.880. The molecule has 2 aromatic heterocycles. The summed E-state index contributed by atoms with van der Waals surface area (Å²) < 4.78 is 10.2. The Morgan fingerprint density at radius 2 is 1.39 bits per heavy atom. The fraction of sp³-hybridized carbons (Fsp3) is 0.200. The minimum atomic E-state index is 0.880. The standard InChI is InChI=1S/C35H32N2O/c1-23-24(2)30-17-21-37-19-15-27-6-4-5-7-31(27)35(37)34(30)33-29(23)16-20-36-18-14-26(22-32(33)36)9-8-25-10-12-28(38-3)13-11-25/h4-15,18-19,22H,16-17,20-21H2,1-3H3/q+2/b9-8+. The molecule has 5 aromatic rings. The van der Waals surface area contributed by atoms with Crippen LogP contribution < -0.4 is 13.9 Å². The van der Waals surface area contributed by atoms with E-state index in [0.717, 1.165) is 37.2 Å². The van der Waals surface area contributed by atoms with E-state index in [1.165, 1.54) is 61.1 Å². The lowest BCUT2D eigenvalue weighted by Crippen LogP contribution is -2.43. The van der Waals surface area contributed by atoms with E-state index in [1.807, 2.05) is 12.1 Å². The largest absolute Gasteiger partial charge is 0.497 e. The molecule has 3 nitrogen and oxygen atoms in total. The molecule has 0 aliphatic carbocycles. The number of fused-ring (bicyclic) bond motifs is 9. The molecule has 0 spiro atoms. The molecular formula is C35H32N2O+2. The van der Waals surface area contributed by atoms with Crippen molar-refractivity contribution in [1.29, 1.82) is 0 Å². The van der Waals surface area contributed by atoms with Crippen molar-refractivity contribution in [2.24, 2.45) is 0 Å². The molecule has 0 atom stereocenters. The van der Waals surface area contributed by atoms with E-state index in [4.69, 9.17) is 4.74 Å². The summed E-state index contributed by atoms with van der Waals surface area (Å²) in [5.41, 5.74) is 13.9. The first kappa shape index (κ1) is 22.9. The Labute approximate surface area is 224 Å². The van der Waals surface area contributed by atoms with Crippen molar-refractivity contribution in [3.8, 4) is 28.3 Å². The average molecular weight is 497 g/mol. The maximum Gasteiger partial charge on any atom is 0.221 e. The highest BCUT2D eigenvalue weighted by molar-refractivity contribution is 5.99. The molecule has 0 saturated carbocycles. The van der Waals surface area contributed by atoms with Gasteiger partial charge >= 0.3 is 0 Å². The zero-order valence-electron chi connectivity index (χ0n) is 22.3. The quantitative estimate of drug-likeness (QED) is 0.255. The van der Waals surface area contributed by atoms with Gasteiger partial charge in [0.15, 0.2) is 25.5 Å². The molecular weight excluding hydrogens is 464 g/mol. The molecule has 3 aromatic carbocycles. The number of aromatic nitrogens is 2. The Hall–Kier alpha value is -4.24. The molecule has 0 unspecified atom stereocenters. The van der Waals surface area contributed by atoms with E-state index in [1.54, 1.807) is 7.11 Å². The van der Waals surface area contributed by atoms with Gasteiger partial charge in [0, 0.05) is 31.0 Å². The van der Waals surface area contributed by atoms with Gasteiger partial charge in [0.2, 0.25) is 11.4 Å². The first-order chi connectivity index (χ1) is 18.6. The van der Waals surface area contributed by atoms with Crippen LogP contribution in [0.2, 0.25) is 0 Å². The van der Waals surface area contributed by atoms with Crippen LogP contribution in [0.25, 0.3) is 45.4 Å². The van der Waals surface area contributed by atoms with Crippen LogP contribution in [0, 0.1) is 13.8 Å². The molecule has 7 rings (SSSR count). The smallest absolute Gasteiger partial charge is 0.221 e. The van der Waals surface area contributed by atoms with Crippen molar-refractivity contribution in [3.63, 3.8) is 0 Å². The van der Waals surface area contributed by atoms with Crippen molar-refractivity contribution >= 4 is 22.9 Å². The van der Waals surface area contributed by atoms with Crippen molar-refractivity contribution in [2.45, 2.75) is 39.8 Å². The second kappa shape index (κ2) is 8.95. The number of ether oxygens (including phenoxy) is 1. The molecule has 0 fully saturated rings. The van der Waals surface area contributed by atoms with Crippen molar-refractivity contribution in [1.82, 2.24) is 0 Å². The van der Waals surface area contributed by atoms with E-state index < -0.39 is 0 Å². The number of methoxy groups -OCH3 is 1. The molecule has 0 saturated heterocycles. The van der Waals surface area contributed by atoms with Crippen LogP contribution in [-0.4, -0.2) is 7.11 Å². The lowest BCUT2D eigenvalue weighted by Gasteiger charge is -2.27. The molecule has 38 heavy (non-hydrogen) atoms. The van der Waals surface area contributed by atoms with Crippen LogP contribution in [0.1, 0.15) is 33.4 Å². The number of hydrogen-bond acceptors (Lipinski definition) is 1. The Morgan fingerprint density at radius 3 is 2.18 bits per heavy atom. The molecule has 0 bridgehead atoms. The third kappa shape index (κ3) is 3.57. The number of pyridine rings is 2. The second-order valence-electron chi connectivity index (χ2n) is 10.5. The fourth-order valence-electron chi connectivity index (χ4n) is 6.45. The monoisotopic (exact) mass is 496 g/mol. The summed E-state index contributed by atoms with van der Waals surface area (Å²) >= 11 is 0. The Bertz CT molecular complexity index is 1760. The zero-order chi connectivity index (χ0) is 25.8. The van der Waals surface area contributed by atoms with Gasteiger partial charge in [-0.25, -0.2) is 0 Å². The Kier molecular flexibility index (Phi) is 5.40. The first-order valence-electron chi connectivity index (χ1n) is 13.5. The maximum absolute atomic E-state index is 5.31. The SMILES string of the molecule is COc1ccc(/C=C/c2cc[n+]3c(c2)-c2c(c(C)c(C)c4c2-c2c5ccccc5cc[n+]2CC4)CC3)cc1. The summed E-state index contributed by atoms with van der Waals surface area (Å²) in [5, 5.41) is 2.65. The highest BCUT2D eigenvalue weighted by Gasteiger charge is 2.37. The summed E-state index contributed by atoms with van der Waals surface area (Å²) in [6, 6.07) is 24.0. The van der Waals surface area contributed by atoms with Crippen LogP contribution in [0.15, 0.2) is 79.1 Å². The summed E-state index contributed by atoms with van der Waals surface area (Å²) in [4.78, 5) is 0. The van der Waals surface area contributed by atoms with Gasteiger partial charge in [-0.1, -0.05) is 42.5 Å². The van der Waals surface area contributed by atoms with Gasteiger partial charge in [-0.2, -0.15) is 9.13 Å². The van der Waals surface area contributed by atoms with Gasteiger partial charge < -0.3 is 4.74 Å². The minimum absolute atomic E-state index is 0.880. The van der Waals surface area contributed by atoms with Crippen molar-refractivity contribution in [2.75, 3.05) is 7.11 Å². The lowest BCUT2D eigenvalue weighted by molar-refractivity contribution is -0.689. The Morgan fingerprint density at radius 1 is 0.711 bits per heavy atom. The van der Waals surface area contributed by atoms with Crippen LogP contribution in [0.5, 0.6) is 5.75 Å². The van der Waals surface area contributed by atoms with Gasteiger partial charge in [0.05, 0.1) is 23.6 Å². The number of hydrogen-bond donors (Lipinski definition) is 0. The van der Waals surface area contributed by atoms with Crippen molar-refractivity contribution < 1.29 is 13.9 Å².